The molecule has 27 heavy (non-hydrogen) atoms. The van der Waals surface area contributed by atoms with Crippen molar-refractivity contribution in [2.45, 2.75) is 19.4 Å². The minimum absolute atomic E-state index is 0.558. The van der Waals surface area contributed by atoms with E-state index in [0.717, 1.165) is 57.5 Å². The Morgan fingerprint density at radius 3 is 2.74 bits per heavy atom. The van der Waals surface area contributed by atoms with Crippen LogP contribution in [0.1, 0.15) is 18.4 Å². The molecule has 0 bridgehead atoms. The van der Waals surface area contributed by atoms with Crippen molar-refractivity contribution in [2.75, 3.05) is 60.3 Å². The van der Waals surface area contributed by atoms with Gasteiger partial charge in [-0.05, 0) is 30.5 Å². The lowest BCUT2D eigenvalue weighted by Gasteiger charge is -2.13. The van der Waals surface area contributed by atoms with Crippen LogP contribution in [0.25, 0.3) is 0 Å². The molecule has 2 rings (SSSR count). The molecule has 1 atom stereocenters. The van der Waals surface area contributed by atoms with E-state index in [1.807, 2.05) is 24.3 Å². The highest BCUT2D eigenvalue weighted by atomic mass is 16.5. The Morgan fingerprint density at radius 1 is 1.19 bits per heavy atom. The van der Waals surface area contributed by atoms with E-state index in [-0.39, 0.29) is 0 Å². The third-order valence-corrected chi connectivity index (χ3v) is 4.30. The molecule has 0 saturated carbocycles. The first-order chi connectivity index (χ1) is 13.3. The number of nitrogens with zero attached hydrogens (tertiary/aromatic N) is 1. The van der Waals surface area contributed by atoms with Crippen LogP contribution in [0, 0.1) is 5.92 Å². The monoisotopic (exact) mass is 379 g/mol. The third kappa shape index (κ3) is 9.08. The van der Waals surface area contributed by atoms with E-state index in [2.05, 4.69) is 15.6 Å². The molecule has 0 aromatic heterocycles. The number of hydrogen-bond acceptors (Lipinski definition) is 5. The fourth-order valence-corrected chi connectivity index (χ4v) is 2.70. The van der Waals surface area contributed by atoms with Gasteiger partial charge in [0.15, 0.2) is 5.96 Å². The first kappa shape index (κ1) is 21.5. The van der Waals surface area contributed by atoms with Crippen molar-refractivity contribution in [3.8, 4) is 5.75 Å². The summed E-state index contributed by atoms with van der Waals surface area (Å²) in [5.74, 6) is 2.21. The SMILES string of the molecule is CN=C(NCCCOCC1CCOC1)NCc1ccc(OCCOC)cc1. The van der Waals surface area contributed by atoms with Gasteiger partial charge in [0, 0.05) is 46.4 Å². The second kappa shape index (κ2) is 13.4. The first-order valence-corrected chi connectivity index (χ1v) is 9.62. The maximum absolute atomic E-state index is 5.71. The Hall–Kier alpha value is -1.83. The molecule has 0 aliphatic carbocycles. The molecule has 1 aliphatic rings. The van der Waals surface area contributed by atoms with E-state index in [1.165, 1.54) is 5.56 Å². The van der Waals surface area contributed by atoms with Crippen LogP contribution in [-0.4, -0.2) is 66.3 Å². The van der Waals surface area contributed by atoms with Crippen molar-refractivity contribution in [3.63, 3.8) is 0 Å². The highest BCUT2D eigenvalue weighted by Crippen LogP contribution is 2.12. The molecule has 7 nitrogen and oxygen atoms in total. The minimum Gasteiger partial charge on any atom is -0.491 e. The first-order valence-electron chi connectivity index (χ1n) is 9.62. The second-order valence-corrected chi connectivity index (χ2v) is 6.50. The number of ether oxygens (including phenoxy) is 4. The lowest BCUT2D eigenvalue weighted by atomic mass is 10.1. The second-order valence-electron chi connectivity index (χ2n) is 6.50. The van der Waals surface area contributed by atoms with Crippen LogP contribution < -0.4 is 15.4 Å². The molecule has 1 aliphatic heterocycles. The summed E-state index contributed by atoms with van der Waals surface area (Å²) in [6.45, 7) is 5.96. The van der Waals surface area contributed by atoms with Gasteiger partial charge in [0.1, 0.15) is 12.4 Å². The van der Waals surface area contributed by atoms with Crippen molar-refractivity contribution in [1.29, 1.82) is 0 Å². The topological polar surface area (TPSA) is 73.3 Å². The molecule has 2 N–H and O–H groups in total. The van der Waals surface area contributed by atoms with E-state index < -0.39 is 0 Å². The van der Waals surface area contributed by atoms with Crippen LogP contribution in [0.2, 0.25) is 0 Å². The van der Waals surface area contributed by atoms with Crippen molar-refractivity contribution < 1.29 is 18.9 Å². The quantitative estimate of drug-likeness (QED) is 0.328. The van der Waals surface area contributed by atoms with Gasteiger partial charge in [0.05, 0.1) is 19.8 Å². The molecule has 152 valence electrons. The molecule has 1 saturated heterocycles. The summed E-state index contributed by atoms with van der Waals surface area (Å²) < 4.78 is 21.6. The minimum atomic E-state index is 0.558. The summed E-state index contributed by atoms with van der Waals surface area (Å²) in [5.41, 5.74) is 1.17. The molecule has 0 amide bonds. The lowest BCUT2D eigenvalue weighted by molar-refractivity contribution is 0.0888. The van der Waals surface area contributed by atoms with Crippen molar-refractivity contribution in [1.82, 2.24) is 10.6 Å². The molecular weight excluding hydrogens is 346 g/mol. The summed E-state index contributed by atoms with van der Waals surface area (Å²) in [7, 11) is 3.44. The van der Waals surface area contributed by atoms with Crippen LogP contribution >= 0.6 is 0 Å². The predicted molar refractivity (Wildman–Crippen MR) is 106 cm³/mol. The standard InChI is InChI=1S/C20H33N3O4/c1-21-20(22-9-3-10-25-15-18-8-11-26-16-18)23-14-17-4-6-19(7-5-17)27-13-12-24-2/h4-7,18H,3,8-16H2,1-2H3,(H2,21,22,23). The fraction of sp³-hybridized carbons (Fsp3) is 0.650. The zero-order valence-electron chi connectivity index (χ0n) is 16.5. The van der Waals surface area contributed by atoms with Gasteiger partial charge in [-0.25, -0.2) is 0 Å². The molecule has 1 aromatic rings. The van der Waals surface area contributed by atoms with Gasteiger partial charge < -0.3 is 29.6 Å². The Morgan fingerprint density at radius 2 is 2.04 bits per heavy atom. The van der Waals surface area contributed by atoms with Crippen LogP contribution in [0.3, 0.4) is 0 Å². The summed E-state index contributed by atoms with van der Waals surface area (Å²) in [6, 6.07) is 8.02. The number of methoxy groups -OCH3 is 1. The summed E-state index contributed by atoms with van der Waals surface area (Å²) in [4.78, 5) is 4.25. The van der Waals surface area contributed by atoms with Crippen molar-refractivity contribution >= 4 is 5.96 Å². The van der Waals surface area contributed by atoms with Gasteiger partial charge in [-0.15, -0.1) is 0 Å². The van der Waals surface area contributed by atoms with Gasteiger partial charge in [-0.1, -0.05) is 12.1 Å². The highest BCUT2D eigenvalue weighted by molar-refractivity contribution is 5.79. The molecule has 7 heteroatoms. The number of hydrogen-bond donors (Lipinski definition) is 2. The largest absolute Gasteiger partial charge is 0.491 e. The number of aliphatic imine (C=N–C) groups is 1. The normalized spacial score (nSPS) is 17.1. The summed E-state index contributed by atoms with van der Waals surface area (Å²) in [6.07, 6.45) is 2.07. The van der Waals surface area contributed by atoms with Crippen molar-refractivity contribution in [3.05, 3.63) is 29.8 Å². The third-order valence-electron chi connectivity index (χ3n) is 4.30. The highest BCUT2D eigenvalue weighted by Gasteiger charge is 2.15. The zero-order chi connectivity index (χ0) is 19.2. The van der Waals surface area contributed by atoms with Crippen LogP contribution in [0.15, 0.2) is 29.3 Å². The Labute approximate surface area is 162 Å². The summed E-state index contributed by atoms with van der Waals surface area (Å²) in [5, 5.41) is 6.62. The van der Waals surface area contributed by atoms with E-state index in [1.54, 1.807) is 14.2 Å². The Balaban J connectivity index is 1.55. The fourth-order valence-electron chi connectivity index (χ4n) is 2.70. The number of rotatable bonds is 12. The van der Waals surface area contributed by atoms with Gasteiger partial charge in [0.25, 0.3) is 0 Å². The average molecular weight is 380 g/mol. The average Bonchev–Trinajstić information content (AvgIpc) is 3.21. The molecule has 0 spiro atoms. The van der Waals surface area contributed by atoms with Crippen LogP contribution in [-0.2, 0) is 20.8 Å². The van der Waals surface area contributed by atoms with Crippen LogP contribution in [0.5, 0.6) is 5.75 Å². The summed E-state index contributed by atoms with van der Waals surface area (Å²) >= 11 is 0. The molecule has 1 heterocycles. The maximum atomic E-state index is 5.71. The van der Waals surface area contributed by atoms with E-state index in [4.69, 9.17) is 18.9 Å². The van der Waals surface area contributed by atoms with Crippen molar-refractivity contribution in [2.24, 2.45) is 10.9 Å². The van der Waals surface area contributed by atoms with Gasteiger partial charge >= 0.3 is 0 Å². The Bertz CT molecular complexity index is 531. The van der Waals surface area contributed by atoms with E-state index in [0.29, 0.717) is 25.7 Å². The Kier molecular flexibility index (Phi) is 10.6. The number of benzene rings is 1. The smallest absolute Gasteiger partial charge is 0.191 e. The molecule has 1 aromatic carbocycles. The van der Waals surface area contributed by atoms with Gasteiger partial charge in [-0.3, -0.25) is 4.99 Å². The lowest BCUT2D eigenvalue weighted by Crippen LogP contribution is -2.37. The molecule has 0 radical (unpaired) electrons. The molecule has 1 fully saturated rings. The van der Waals surface area contributed by atoms with Gasteiger partial charge in [-0.2, -0.15) is 0 Å². The van der Waals surface area contributed by atoms with E-state index in [9.17, 15) is 0 Å². The van der Waals surface area contributed by atoms with Gasteiger partial charge in [0.2, 0.25) is 0 Å². The molecule has 1 unspecified atom stereocenters. The zero-order valence-corrected chi connectivity index (χ0v) is 16.5. The molecular formula is C20H33N3O4. The number of nitrogens with one attached hydrogen (secondary N) is 2. The maximum Gasteiger partial charge on any atom is 0.191 e. The predicted octanol–water partition coefficient (Wildman–Crippen LogP) is 1.82. The number of guanidine groups is 1. The van der Waals surface area contributed by atoms with Crippen LogP contribution in [0.4, 0.5) is 0 Å². The van der Waals surface area contributed by atoms with E-state index >= 15 is 0 Å².